The molecule has 0 atom stereocenters. The molecule has 0 aromatic carbocycles. The molecule has 5 nitrogen and oxygen atoms in total. The van der Waals surface area contributed by atoms with Gasteiger partial charge in [0.2, 0.25) is 0 Å². The minimum Gasteiger partial charge on any atom is -0.303 e. The third-order valence-electron chi connectivity index (χ3n) is 3.02. The summed E-state index contributed by atoms with van der Waals surface area (Å²) in [6, 6.07) is 4.90. The Morgan fingerprint density at radius 2 is 2.06 bits per heavy atom. The first kappa shape index (κ1) is 10.0. The molecule has 0 amide bonds. The van der Waals surface area contributed by atoms with Gasteiger partial charge in [-0.1, -0.05) is 0 Å². The van der Waals surface area contributed by atoms with Crippen LogP contribution in [0.2, 0.25) is 0 Å². The van der Waals surface area contributed by atoms with Gasteiger partial charge >= 0.3 is 0 Å². The van der Waals surface area contributed by atoms with E-state index in [0.717, 1.165) is 24.1 Å². The van der Waals surface area contributed by atoms with Crippen molar-refractivity contribution >= 4 is 5.78 Å². The molecule has 5 heteroatoms. The maximum atomic E-state index is 11.7. The van der Waals surface area contributed by atoms with Gasteiger partial charge in [-0.05, 0) is 25.0 Å². The second-order valence-electron chi connectivity index (χ2n) is 4.10. The van der Waals surface area contributed by atoms with Crippen LogP contribution in [0.1, 0.15) is 28.9 Å². The van der Waals surface area contributed by atoms with E-state index in [0.29, 0.717) is 12.2 Å². The Kier molecular flexibility index (Phi) is 2.18. The first-order valence-corrected chi connectivity index (χ1v) is 5.55. The molecule has 1 aliphatic carbocycles. The molecule has 0 aliphatic heterocycles. The number of hydrogen-bond acceptors (Lipinski definition) is 3. The van der Waals surface area contributed by atoms with Gasteiger partial charge in [0.05, 0.1) is 0 Å². The van der Waals surface area contributed by atoms with Crippen molar-refractivity contribution in [3.8, 4) is 5.82 Å². The van der Waals surface area contributed by atoms with Crippen LogP contribution in [0.5, 0.6) is 0 Å². The Hall–Kier alpha value is -2.17. The second-order valence-corrected chi connectivity index (χ2v) is 4.10. The first-order valence-electron chi connectivity index (χ1n) is 5.55. The van der Waals surface area contributed by atoms with Crippen molar-refractivity contribution in [1.82, 2.24) is 14.8 Å². The number of nitrogens with one attached hydrogen (secondary N) is 1. The van der Waals surface area contributed by atoms with Gasteiger partial charge in [-0.3, -0.25) is 9.59 Å². The predicted molar refractivity (Wildman–Crippen MR) is 61.5 cm³/mol. The molecule has 0 saturated carbocycles. The van der Waals surface area contributed by atoms with E-state index in [-0.39, 0.29) is 11.3 Å². The molecule has 0 spiro atoms. The molecule has 1 N–H and O–H groups in total. The van der Waals surface area contributed by atoms with Crippen LogP contribution in [0.3, 0.4) is 0 Å². The molecule has 0 unspecified atom stereocenters. The third kappa shape index (κ3) is 1.60. The highest BCUT2D eigenvalue weighted by atomic mass is 16.1. The number of H-pyrrole nitrogens is 1. The van der Waals surface area contributed by atoms with Crippen molar-refractivity contribution in [3.63, 3.8) is 0 Å². The van der Waals surface area contributed by atoms with E-state index in [2.05, 4.69) is 10.2 Å². The van der Waals surface area contributed by atoms with E-state index in [1.807, 2.05) is 16.8 Å². The molecule has 0 radical (unpaired) electrons. The van der Waals surface area contributed by atoms with Gasteiger partial charge in [0.1, 0.15) is 0 Å². The van der Waals surface area contributed by atoms with Gasteiger partial charge < -0.3 is 4.57 Å². The Bertz CT molecular complexity index is 619. The maximum Gasteiger partial charge on any atom is 0.264 e. The highest BCUT2D eigenvalue weighted by Gasteiger charge is 2.21. The Balaban J connectivity index is 2.13. The Morgan fingerprint density at radius 3 is 2.82 bits per heavy atom. The topological polar surface area (TPSA) is 67.8 Å². The fourth-order valence-electron chi connectivity index (χ4n) is 2.21. The number of ketones is 1. The summed E-state index contributed by atoms with van der Waals surface area (Å²) in [5, 5.41) is 6.36. The molecule has 2 aromatic heterocycles. The van der Waals surface area contributed by atoms with Gasteiger partial charge in [-0.25, -0.2) is 5.10 Å². The van der Waals surface area contributed by atoms with Crippen molar-refractivity contribution in [1.29, 1.82) is 0 Å². The van der Waals surface area contributed by atoms with Gasteiger partial charge in [0.15, 0.2) is 11.6 Å². The molecule has 1 aliphatic rings. The Morgan fingerprint density at radius 1 is 1.18 bits per heavy atom. The highest BCUT2D eigenvalue weighted by Crippen LogP contribution is 2.24. The van der Waals surface area contributed by atoms with Crippen LogP contribution in [0.4, 0.5) is 0 Å². The summed E-state index contributed by atoms with van der Waals surface area (Å²) in [6.45, 7) is 0. The van der Waals surface area contributed by atoms with Crippen molar-refractivity contribution in [2.75, 3.05) is 0 Å². The third-order valence-corrected chi connectivity index (χ3v) is 3.02. The summed E-state index contributed by atoms with van der Waals surface area (Å²) in [5.41, 5.74) is 1.54. The standard InChI is InChI=1S/C12H11N3O2/c16-10-3-1-2-9-8(10)6-7-15(9)11-4-5-12(17)14-13-11/h4-7H,1-3H2,(H,14,17). The smallest absolute Gasteiger partial charge is 0.264 e. The average Bonchev–Trinajstić information content (AvgIpc) is 2.75. The lowest BCUT2D eigenvalue weighted by Crippen LogP contribution is -2.14. The minimum absolute atomic E-state index is 0.189. The van der Waals surface area contributed by atoms with Crippen LogP contribution in [-0.2, 0) is 6.42 Å². The van der Waals surface area contributed by atoms with Crippen LogP contribution in [0.25, 0.3) is 5.82 Å². The number of fused-ring (bicyclic) bond motifs is 1. The van der Waals surface area contributed by atoms with Gasteiger partial charge in [-0.15, -0.1) is 0 Å². The van der Waals surface area contributed by atoms with Crippen molar-refractivity contribution in [2.24, 2.45) is 0 Å². The number of aromatic nitrogens is 3. The first-order chi connectivity index (χ1) is 8.25. The van der Waals surface area contributed by atoms with Crippen LogP contribution in [0, 0.1) is 0 Å². The minimum atomic E-state index is -0.231. The average molecular weight is 229 g/mol. The van der Waals surface area contributed by atoms with E-state index >= 15 is 0 Å². The lowest BCUT2D eigenvalue weighted by atomic mass is 9.97. The largest absolute Gasteiger partial charge is 0.303 e. The van der Waals surface area contributed by atoms with Crippen molar-refractivity contribution in [3.05, 3.63) is 46.0 Å². The molecule has 0 fully saturated rings. The summed E-state index contributed by atoms with van der Waals surface area (Å²) < 4.78 is 1.86. The second kappa shape index (κ2) is 3.69. The van der Waals surface area contributed by atoms with Crippen molar-refractivity contribution < 1.29 is 4.79 Å². The summed E-state index contributed by atoms with van der Waals surface area (Å²) >= 11 is 0. The predicted octanol–water partition coefficient (Wildman–Crippen LogP) is 1.08. The van der Waals surface area contributed by atoms with E-state index in [4.69, 9.17) is 0 Å². The SMILES string of the molecule is O=C1CCCc2c1ccn2-c1ccc(=O)[nH]n1. The van der Waals surface area contributed by atoms with E-state index in [1.165, 1.54) is 6.07 Å². The molecular formula is C12H11N3O2. The van der Waals surface area contributed by atoms with Crippen molar-refractivity contribution in [2.45, 2.75) is 19.3 Å². The normalized spacial score (nSPS) is 14.7. The summed E-state index contributed by atoms with van der Waals surface area (Å²) in [5.74, 6) is 0.829. The molecule has 3 rings (SSSR count). The van der Waals surface area contributed by atoms with E-state index < -0.39 is 0 Å². The molecule has 0 bridgehead atoms. The summed E-state index contributed by atoms with van der Waals surface area (Å²) in [7, 11) is 0. The molecule has 0 saturated heterocycles. The van der Waals surface area contributed by atoms with E-state index in [1.54, 1.807) is 6.07 Å². The van der Waals surface area contributed by atoms with Crippen LogP contribution in [0.15, 0.2) is 29.2 Å². The lowest BCUT2D eigenvalue weighted by Gasteiger charge is -2.13. The highest BCUT2D eigenvalue weighted by molar-refractivity contribution is 5.98. The van der Waals surface area contributed by atoms with Crippen LogP contribution < -0.4 is 5.56 Å². The van der Waals surface area contributed by atoms with Crippen LogP contribution >= 0.6 is 0 Å². The van der Waals surface area contributed by atoms with E-state index in [9.17, 15) is 9.59 Å². The number of aromatic amines is 1. The molecule has 2 aromatic rings. The molecule has 17 heavy (non-hydrogen) atoms. The van der Waals surface area contributed by atoms with Crippen LogP contribution in [-0.4, -0.2) is 20.5 Å². The summed E-state index contributed by atoms with van der Waals surface area (Å²) in [4.78, 5) is 22.6. The number of carbonyl (C=O) groups excluding carboxylic acids is 1. The summed E-state index contributed by atoms with van der Waals surface area (Å²) in [6.07, 6.45) is 4.19. The number of carbonyl (C=O) groups is 1. The monoisotopic (exact) mass is 229 g/mol. The number of hydrogen-bond donors (Lipinski definition) is 1. The van der Waals surface area contributed by atoms with Gasteiger partial charge in [0.25, 0.3) is 5.56 Å². The number of nitrogens with zero attached hydrogens (tertiary/aromatic N) is 2. The fraction of sp³-hybridized carbons (Fsp3) is 0.250. The zero-order chi connectivity index (χ0) is 11.8. The fourth-order valence-corrected chi connectivity index (χ4v) is 2.21. The number of rotatable bonds is 1. The lowest BCUT2D eigenvalue weighted by molar-refractivity contribution is 0.0972. The molecule has 86 valence electrons. The van der Waals surface area contributed by atoms with Gasteiger partial charge in [-0.2, -0.15) is 5.10 Å². The maximum absolute atomic E-state index is 11.7. The quantitative estimate of drug-likeness (QED) is 0.795. The molecular weight excluding hydrogens is 218 g/mol. The Labute approximate surface area is 97.1 Å². The number of Topliss-reactive ketones (excluding diaryl/α,β-unsaturated/α-hetero) is 1. The molecule has 2 heterocycles. The zero-order valence-corrected chi connectivity index (χ0v) is 9.14. The van der Waals surface area contributed by atoms with Gasteiger partial charge in [0, 0.05) is 29.9 Å². The zero-order valence-electron chi connectivity index (χ0n) is 9.14.